The molecule has 5 aromatic rings. The van der Waals surface area contributed by atoms with Gasteiger partial charge in [-0.05, 0) is 43.2 Å². The molecule has 0 aliphatic carbocycles. The van der Waals surface area contributed by atoms with Crippen molar-refractivity contribution in [1.82, 2.24) is 14.1 Å². The number of aromatic amines is 1. The van der Waals surface area contributed by atoms with Crippen molar-refractivity contribution < 1.29 is 13.5 Å². The molecule has 182 valence electrons. The lowest BCUT2D eigenvalue weighted by Crippen LogP contribution is -2.18. The van der Waals surface area contributed by atoms with Crippen LogP contribution in [-0.4, -0.2) is 14.1 Å². The van der Waals surface area contributed by atoms with Gasteiger partial charge in [0, 0.05) is 60.2 Å². The highest BCUT2D eigenvalue weighted by molar-refractivity contribution is 5.98. The van der Waals surface area contributed by atoms with Crippen molar-refractivity contribution >= 4 is 10.9 Å². The molecule has 0 atom stereocenters. The van der Waals surface area contributed by atoms with Gasteiger partial charge in [-0.1, -0.05) is 18.2 Å². The second kappa shape index (κ2) is 8.64. The average Bonchev–Trinajstić information content (AvgIpc) is 3.26. The summed E-state index contributed by atoms with van der Waals surface area (Å²) in [6.07, 6.45) is 3.23. The lowest BCUT2D eigenvalue weighted by Gasteiger charge is -2.17. The molecule has 1 N–H and O–H groups in total. The first kappa shape index (κ1) is 23.3. The number of hydrogen-bond acceptors (Lipinski definition) is 3. The van der Waals surface area contributed by atoms with Crippen molar-refractivity contribution in [3.8, 4) is 33.9 Å². The Bertz CT molecular complexity index is 1760. The number of nitrogens with one attached hydrogen (secondary N) is 1. The minimum Gasteiger partial charge on any atom is -0.455 e. The third kappa shape index (κ3) is 3.90. The number of rotatable bonds is 4. The Hall–Kier alpha value is -4.46. The molecule has 5 rings (SSSR count). The van der Waals surface area contributed by atoms with Crippen molar-refractivity contribution in [2.45, 2.75) is 13.8 Å². The first-order valence-corrected chi connectivity index (χ1v) is 11.3. The third-order valence-corrected chi connectivity index (χ3v) is 6.29. The molecule has 0 aliphatic heterocycles. The fourth-order valence-electron chi connectivity index (χ4n) is 4.37. The molecule has 0 aliphatic rings. The van der Waals surface area contributed by atoms with Gasteiger partial charge in [0.15, 0.2) is 5.75 Å². The first-order chi connectivity index (χ1) is 17.1. The summed E-state index contributed by atoms with van der Waals surface area (Å²) in [4.78, 5) is 28.6. The van der Waals surface area contributed by atoms with Crippen molar-refractivity contribution in [3.05, 3.63) is 104 Å². The van der Waals surface area contributed by atoms with Gasteiger partial charge in [0.2, 0.25) is 0 Å². The summed E-state index contributed by atoms with van der Waals surface area (Å²) in [7, 11) is 3.23. The van der Waals surface area contributed by atoms with Crippen LogP contribution in [0, 0.1) is 25.5 Å². The standard InChI is InChI=1S/C28H23F2N3O3/c1-15-6-5-7-16(2)27(15)36-24-14-32(3)25(34)12-19(24)21-13-33(4)28(35)26-20(21)11-23(31-26)18-9-8-17(29)10-22(18)30/h5-14,31H,1-4H3. The SMILES string of the molecule is Cc1cccc(C)c1Oc1cn(C)c(=O)cc1-c1cn(C)c(=O)c2[nH]c(-c3ccc(F)cc3F)cc12. The Balaban J connectivity index is 1.78. The summed E-state index contributed by atoms with van der Waals surface area (Å²) in [5.74, 6) is -0.364. The van der Waals surface area contributed by atoms with E-state index in [4.69, 9.17) is 4.74 Å². The van der Waals surface area contributed by atoms with E-state index in [-0.39, 0.29) is 22.2 Å². The molecule has 8 heteroatoms. The number of pyridine rings is 2. The minimum absolute atomic E-state index is 0.122. The number of aryl methyl sites for hydroxylation is 4. The van der Waals surface area contributed by atoms with Gasteiger partial charge >= 0.3 is 0 Å². The fourth-order valence-corrected chi connectivity index (χ4v) is 4.37. The summed E-state index contributed by atoms with van der Waals surface area (Å²) in [5.41, 5.74) is 2.96. The van der Waals surface area contributed by atoms with Crippen LogP contribution in [0.2, 0.25) is 0 Å². The first-order valence-electron chi connectivity index (χ1n) is 11.3. The molecule has 3 aromatic heterocycles. The highest BCUT2D eigenvalue weighted by Crippen LogP contribution is 2.38. The van der Waals surface area contributed by atoms with Crippen LogP contribution >= 0.6 is 0 Å². The zero-order valence-electron chi connectivity index (χ0n) is 20.1. The molecule has 3 heterocycles. The zero-order valence-corrected chi connectivity index (χ0v) is 20.1. The van der Waals surface area contributed by atoms with Gasteiger partial charge in [-0.25, -0.2) is 8.78 Å². The topological polar surface area (TPSA) is 69.0 Å². The lowest BCUT2D eigenvalue weighted by atomic mass is 10.0. The Labute approximate surface area is 205 Å². The third-order valence-electron chi connectivity index (χ3n) is 6.29. The number of para-hydroxylation sites is 1. The number of aromatic nitrogens is 3. The van der Waals surface area contributed by atoms with Crippen molar-refractivity contribution in [2.24, 2.45) is 14.1 Å². The largest absolute Gasteiger partial charge is 0.455 e. The van der Waals surface area contributed by atoms with E-state index in [2.05, 4.69) is 4.98 Å². The van der Waals surface area contributed by atoms with Crippen molar-refractivity contribution in [2.75, 3.05) is 0 Å². The molecule has 0 saturated carbocycles. The highest BCUT2D eigenvalue weighted by atomic mass is 19.1. The monoisotopic (exact) mass is 487 g/mol. The van der Waals surface area contributed by atoms with Crippen molar-refractivity contribution in [3.63, 3.8) is 0 Å². The van der Waals surface area contributed by atoms with E-state index >= 15 is 0 Å². The summed E-state index contributed by atoms with van der Waals surface area (Å²) in [5, 5.41) is 0.483. The summed E-state index contributed by atoms with van der Waals surface area (Å²) in [6, 6.07) is 12.1. The molecule has 0 bridgehead atoms. The maximum absolute atomic E-state index is 14.5. The zero-order chi connectivity index (χ0) is 25.7. The van der Waals surface area contributed by atoms with Gasteiger partial charge in [0.25, 0.3) is 11.1 Å². The predicted octanol–water partition coefficient (Wildman–Crippen LogP) is 5.59. The van der Waals surface area contributed by atoms with Gasteiger partial charge in [0.05, 0.1) is 6.20 Å². The Kier molecular flexibility index (Phi) is 5.59. The van der Waals surface area contributed by atoms with Crippen molar-refractivity contribution in [1.29, 1.82) is 0 Å². The van der Waals surface area contributed by atoms with E-state index in [1.54, 1.807) is 32.6 Å². The van der Waals surface area contributed by atoms with E-state index in [0.717, 1.165) is 23.3 Å². The summed E-state index contributed by atoms with van der Waals surface area (Å²) < 4.78 is 37.2. The molecule has 0 amide bonds. The van der Waals surface area contributed by atoms with E-state index in [1.165, 1.54) is 21.3 Å². The maximum Gasteiger partial charge on any atom is 0.274 e. The average molecular weight is 488 g/mol. The number of hydrogen-bond donors (Lipinski definition) is 1. The number of nitrogens with zero attached hydrogens (tertiary/aromatic N) is 2. The van der Waals surface area contributed by atoms with Gasteiger partial charge in [-0.3, -0.25) is 9.59 Å². The van der Waals surface area contributed by atoms with Crippen LogP contribution in [0.3, 0.4) is 0 Å². The molecular weight excluding hydrogens is 464 g/mol. The van der Waals surface area contributed by atoms with E-state index in [1.807, 2.05) is 32.0 Å². The predicted molar refractivity (Wildman–Crippen MR) is 136 cm³/mol. The Morgan fingerprint density at radius 1 is 0.833 bits per heavy atom. The fraction of sp³-hybridized carbons (Fsp3) is 0.143. The summed E-state index contributed by atoms with van der Waals surface area (Å²) >= 11 is 0. The smallest absolute Gasteiger partial charge is 0.274 e. The number of halogens is 2. The normalized spacial score (nSPS) is 11.3. The van der Waals surface area contributed by atoms with E-state index < -0.39 is 11.6 Å². The number of H-pyrrole nitrogens is 1. The minimum atomic E-state index is -0.757. The van der Waals surface area contributed by atoms with Gasteiger partial charge in [0.1, 0.15) is 22.9 Å². The van der Waals surface area contributed by atoms with Crippen LogP contribution in [0.1, 0.15) is 11.1 Å². The maximum atomic E-state index is 14.5. The molecule has 0 radical (unpaired) electrons. The van der Waals surface area contributed by atoms with E-state index in [0.29, 0.717) is 33.7 Å². The number of ether oxygens (including phenoxy) is 1. The van der Waals surface area contributed by atoms with Crippen LogP contribution in [0.25, 0.3) is 33.3 Å². The Morgan fingerprint density at radius 2 is 1.56 bits per heavy atom. The highest BCUT2D eigenvalue weighted by Gasteiger charge is 2.20. The summed E-state index contributed by atoms with van der Waals surface area (Å²) in [6.45, 7) is 3.87. The Morgan fingerprint density at radius 3 is 2.25 bits per heavy atom. The second-order valence-corrected chi connectivity index (χ2v) is 8.88. The van der Waals surface area contributed by atoms with Crippen LogP contribution in [0.5, 0.6) is 11.5 Å². The van der Waals surface area contributed by atoms with Crippen LogP contribution < -0.4 is 15.9 Å². The van der Waals surface area contributed by atoms with Crippen LogP contribution in [0.15, 0.2) is 70.5 Å². The van der Waals surface area contributed by atoms with Gasteiger partial charge in [-0.15, -0.1) is 0 Å². The van der Waals surface area contributed by atoms with Crippen LogP contribution in [0.4, 0.5) is 8.78 Å². The van der Waals surface area contributed by atoms with Gasteiger partial charge in [-0.2, -0.15) is 0 Å². The lowest BCUT2D eigenvalue weighted by molar-refractivity contribution is 0.470. The quantitative estimate of drug-likeness (QED) is 0.360. The molecule has 0 saturated heterocycles. The van der Waals surface area contributed by atoms with Crippen LogP contribution in [-0.2, 0) is 14.1 Å². The molecule has 0 spiro atoms. The second-order valence-electron chi connectivity index (χ2n) is 8.88. The molecule has 6 nitrogen and oxygen atoms in total. The molecule has 2 aromatic carbocycles. The molecule has 0 unspecified atom stereocenters. The molecule has 36 heavy (non-hydrogen) atoms. The van der Waals surface area contributed by atoms with E-state index in [9.17, 15) is 18.4 Å². The number of fused-ring (bicyclic) bond motifs is 1. The number of benzene rings is 2. The van der Waals surface area contributed by atoms with Gasteiger partial charge < -0.3 is 18.9 Å². The molecular formula is C28H23F2N3O3. The molecule has 0 fully saturated rings.